The summed E-state index contributed by atoms with van der Waals surface area (Å²) in [6.45, 7) is 1.88. The molecule has 5 heteroatoms. The van der Waals surface area contributed by atoms with Gasteiger partial charge in [0, 0.05) is 12.5 Å². The highest BCUT2D eigenvalue weighted by Crippen LogP contribution is 2.22. The van der Waals surface area contributed by atoms with Gasteiger partial charge in [-0.15, -0.1) is 0 Å². The Bertz CT molecular complexity index is 396. The Labute approximate surface area is 105 Å². The molecule has 0 fully saturated rings. The van der Waals surface area contributed by atoms with Gasteiger partial charge in [0.05, 0.1) is 10.7 Å². The van der Waals surface area contributed by atoms with Crippen molar-refractivity contribution in [3.63, 3.8) is 0 Å². The second-order valence-electron chi connectivity index (χ2n) is 4.02. The van der Waals surface area contributed by atoms with Crippen LogP contribution in [0.3, 0.4) is 0 Å². The molecule has 0 spiro atoms. The van der Waals surface area contributed by atoms with E-state index in [4.69, 9.17) is 17.3 Å². The number of hydrogen-bond donors (Lipinski definition) is 2. The SMILES string of the molecule is CC(N)CCCC(=O)Nc1cccc(Cl)c1F. The first kappa shape index (κ1) is 13.9. The minimum absolute atomic E-state index is 0.00150. The average molecular weight is 259 g/mol. The number of amides is 1. The predicted molar refractivity (Wildman–Crippen MR) is 67.5 cm³/mol. The zero-order valence-corrected chi connectivity index (χ0v) is 10.4. The van der Waals surface area contributed by atoms with Gasteiger partial charge in [-0.2, -0.15) is 0 Å². The number of hydrogen-bond acceptors (Lipinski definition) is 2. The maximum atomic E-state index is 13.4. The summed E-state index contributed by atoms with van der Waals surface area (Å²) in [6.07, 6.45) is 1.78. The number of nitrogens with one attached hydrogen (secondary N) is 1. The number of benzene rings is 1. The fourth-order valence-electron chi connectivity index (χ4n) is 1.40. The van der Waals surface area contributed by atoms with E-state index in [0.29, 0.717) is 12.8 Å². The van der Waals surface area contributed by atoms with E-state index in [2.05, 4.69) is 5.32 Å². The molecule has 1 rings (SSSR count). The van der Waals surface area contributed by atoms with Crippen LogP contribution in [-0.2, 0) is 4.79 Å². The highest BCUT2D eigenvalue weighted by atomic mass is 35.5. The van der Waals surface area contributed by atoms with Gasteiger partial charge in [0.15, 0.2) is 5.82 Å². The summed E-state index contributed by atoms with van der Waals surface area (Å²) in [7, 11) is 0. The fourth-order valence-corrected chi connectivity index (χ4v) is 1.57. The van der Waals surface area contributed by atoms with Crippen molar-refractivity contribution in [2.24, 2.45) is 5.73 Å². The molecule has 3 N–H and O–H groups in total. The van der Waals surface area contributed by atoms with Crippen LogP contribution in [0.5, 0.6) is 0 Å². The molecular formula is C12H16ClFN2O. The Kier molecular flexibility index (Phi) is 5.38. The van der Waals surface area contributed by atoms with Crippen molar-refractivity contribution in [2.75, 3.05) is 5.32 Å². The Morgan fingerprint density at radius 3 is 2.94 bits per heavy atom. The second kappa shape index (κ2) is 6.57. The van der Waals surface area contributed by atoms with Gasteiger partial charge in [0.1, 0.15) is 0 Å². The molecule has 0 saturated heterocycles. The van der Waals surface area contributed by atoms with E-state index in [-0.39, 0.29) is 22.7 Å². The highest BCUT2D eigenvalue weighted by Gasteiger charge is 2.09. The molecule has 1 aromatic rings. The molecule has 0 aromatic heterocycles. The first-order chi connectivity index (χ1) is 8.00. The van der Waals surface area contributed by atoms with Crippen molar-refractivity contribution in [1.29, 1.82) is 0 Å². The minimum Gasteiger partial charge on any atom is -0.328 e. The molecule has 1 unspecified atom stereocenters. The van der Waals surface area contributed by atoms with Gasteiger partial charge in [-0.05, 0) is 31.9 Å². The van der Waals surface area contributed by atoms with Crippen molar-refractivity contribution in [2.45, 2.75) is 32.2 Å². The van der Waals surface area contributed by atoms with Crippen molar-refractivity contribution in [3.05, 3.63) is 29.0 Å². The van der Waals surface area contributed by atoms with E-state index in [1.54, 1.807) is 6.07 Å². The molecule has 1 atom stereocenters. The molecule has 0 radical (unpaired) electrons. The second-order valence-corrected chi connectivity index (χ2v) is 4.43. The molecule has 94 valence electrons. The summed E-state index contributed by atoms with van der Waals surface area (Å²) in [5, 5.41) is 2.48. The van der Waals surface area contributed by atoms with E-state index < -0.39 is 5.82 Å². The predicted octanol–water partition coefficient (Wildman–Crippen LogP) is 2.94. The third kappa shape index (κ3) is 4.71. The number of nitrogens with two attached hydrogens (primary N) is 1. The van der Waals surface area contributed by atoms with Crippen LogP contribution in [0.1, 0.15) is 26.2 Å². The van der Waals surface area contributed by atoms with Crippen LogP contribution >= 0.6 is 11.6 Å². The zero-order chi connectivity index (χ0) is 12.8. The van der Waals surface area contributed by atoms with Crippen molar-refractivity contribution in [3.8, 4) is 0 Å². The average Bonchev–Trinajstić information content (AvgIpc) is 2.24. The first-order valence-corrected chi connectivity index (χ1v) is 5.88. The molecule has 0 saturated carbocycles. The molecule has 3 nitrogen and oxygen atoms in total. The van der Waals surface area contributed by atoms with E-state index in [1.165, 1.54) is 12.1 Å². The Hall–Kier alpha value is -1.13. The van der Waals surface area contributed by atoms with Crippen LogP contribution in [0.4, 0.5) is 10.1 Å². The van der Waals surface area contributed by atoms with E-state index >= 15 is 0 Å². The number of carbonyl (C=O) groups excluding carboxylic acids is 1. The quantitative estimate of drug-likeness (QED) is 0.853. The van der Waals surface area contributed by atoms with E-state index in [0.717, 1.165) is 6.42 Å². The Morgan fingerprint density at radius 1 is 1.59 bits per heavy atom. The molecule has 0 aliphatic rings. The third-order valence-corrected chi connectivity index (χ3v) is 2.58. The summed E-state index contributed by atoms with van der Waals surface area (Å²) < 4.78 is 13.4. The van der Waals surface area contributed by atoms with Gasteiger partial charge >= 0.3 is 0 Å². The summed E-state index contributed by atoms with van der Waals surface area (Å²) in [5.41, 5.74) is 5.68. The monoisotopic (exact) mass is 258 g/mol. The lowest BCUT2D eigenvalue weighted by atomic mass is 10.1. The normalized spacial score (nSPS) is 12.2. The topological polar surface area (TPSA) is 55.1 Å². The van der Waals surface area contributed by atoms with Gasteiger partial charge < -0.3 is 11.1 Å². The van der Waals surface area contributed by atoms with Gasteiger partial charge in [-0.3, -0.25) is 4.79 Å². The van der Waals surface area contributed by atoms with Crippen LogP contribution in [0.2, 0.25) is 5.02 Å². The van der Waals surface area contributed by atoms with Crippen LogP contribution < -0.4 is 11.1 Å². The van der Waals surface area contributed by atoms with Crippen LogP contribution in [0.25, 0.3) is 0 Å². The van der Waals surface area contributed by atoms with Gasteiger partial charge in [-0.25, -0.2) is 4.39 Å². The largest absolute Gasteiger partial charge is 0.328 e. The lowest BCUT2D eigenvalue weighted by Gasteiger charge is -2.08. The standard InChI is InChI=1S/C12H16ClFN2O/c1-8(15)4-2-7-11(17)16-10-6-3-5-9(13)12(10)14/h3,5-6,8H,2,4,7,15H2,1H3,(H,16,17). The highest BCUT2D eigenvalue weighted by molar-refractivity contribution is 6.31. The van der Waals surface area contributed by atoms with Gasteiger partial charge in [-0.1, -0.05) is 17.7 Å². The summed E-state index contributed by atoms with van der Waals surface area (Å²) in [5.74, 6) is -0.832. The zero-order valence-electron chi connectivity index (χ0n) is 9.67. The fraction of sp³-hybridized carbons (Fsp3) is 0.417. The van der Waals surface area contributed by atoms with Crippen molar-refractivity contribution >= 4 is 23.2 Å². The molecule has 0 aliphatic carbocycles. The smallest absolute Gasteiger partial charge is 0.224 e. The molecule has 0 bridgehead atoms. The Balaban J connectivity index is 2.48. The maximum Gasteiger partial charge on any atom is 0.224 e. The molecule has 1 aromatic carbocycles. The Morgan fingerprint density at radius 2 is 2.29 bits per heavy atom. The molecule has 0 aliphatic heterocycles. The van der Waals surface area contributed by atoms with Gasteiger partial charge in [0.25, 0.3) is 0 Å². The molecule has 17 heavy (non-hydrogen) atoms. The lowest BCUT2D eigenvalue weighted by molar-refractivity contribution is -0.116. The summed E-state index contributed by atoms with van der Waals surface area (Å²) >= 11 is 5.60. The lowest BCUT2D eigenvalue weighted by Crippen LogP contribution is -2.17. The first-order valence-electron chi connectivity index (χ1n) is 5.50. The van der Waals surface area contributed by atoms with E-state index in [9.17, 15) is 9.18 Å². The number of rotatable bonds is 5. The van der Waals surface area contributed by atoms with Crippen LogP contribution in [0, 0.1) is 5.82 Å². The van der Waals surface area contributed by atoms with E-state index in [1.807, 2.05) is 6.92 Å². The molecular weight excluding hydrogens is 243 g/mol. The number of halogens is 2. The summed E-state index contributed by atoms with van der Waals surface area (Å²) in [4.78, 5) is 11.5. The number of anilines is 1. The summed E-state index contributed by atoms with van der Waals surface area (Å²) in [6, 6.07) is 4.57. The maximum absolute atomic E-state index is 13.4. The minimum atomic E-state index is -0.602. The van der Waals surface area contributed by atoms with Crippen molar-refractivity contribution in [1.82, 2.24) is 0 Å². The number of carbonyl (C=O) groups is 1. The molecule has 1 amide bonds. The van der Waals surface area contributed by atoms with Gasteiger partial charge in [0.2, 0.25) is 5.91 Å². The third-order valence-electron chi connectivity index (χ3n) is 2.29. The van der Waals surface area contributed by atoms with Crippen LogP contribution in [-0.4, -0.2) is 11.9 Å². The van der Waals surface area contributed by atoms with Crippen molar-refractivity contribution < 1.29 is 9.18 Å². The molecule has 0 heterocycles. The van der Waals surface area contributed by atoms with Crippen LogP contribution in [0.15, 0.2) is 18.2 Å².